The number of hydrogen-bond acceptors (Lipinski definition) is 5. The van der Waals surface area contributed by atoms with Crippen molar-refractivity contribution in [2.75, 3.05) is 33.8 Å². The molecule has 0 saturated carbocycles. The number of pyridine rings is 1. The van der Waals surface area contributed by atoms with Gasteiger partial charge in [0.1, 0.15) is 11.7 Å². The molecule has 0 unspecified atom stereocenters. The van der Waals surface area contributed by atoms with E-state index in [0.717, 1.165) is 17.7 Å². The number of aryl methyl sites for hydroxylation is 1. The van der Waals surface area contributed by atoms with Crippen molar-refractivity contribution in [2.24, 2.45) is 5.92 Å². The minimum Gasteiger partial charge on any atom is -0.472 e. The highest BCUT2D eigenvalue weighted by Gasteiger charge is 2.33. The summed E-state index contributed by atoms with van der Waals surface area (Å²) in [6.45, 7) is 7.14. The Hall–Kier alpha value is -2.44. The van der Waals surface area contributed by atoms with E-state index in [-0.39, 0.29) is 30.6 Å². The van der Waals surface area contributed by atoms with Gasteiger partial charge < -0.3 is 19.6 Å². The van der Waals surface area contributed by atoms with Crippen molar-refractivity contribution < 1.29 is 14.6 Å². The number of benzene rings is 1. The number of nitrogens with zero attached hydrogens (tertiary/aromatic N) is 3. The summed E-state index contributed by atoms with van der Waals surface area (Å²) >= 11 is 0. The fourth-order valence-corrected chi connectivity index (χ4v) is 3.58. The van der Waals surface area contributed by atoms with Crippen LogP contribution in [0.5, 0.6) is 5.88 Å². The molecule has 1 aromatic heterocycles. The van der Waals surface area contributed by atoms with Gasteiger partial charge in [-0.3, -0.25) is 4.79 Å². The van der Waals surface area contributed by atoms with E-state index in [0.29, 0.717) is 18.0 Å². The maximum Gasteiger partial charge on any atom is 0.259 e. The van der Waals surface area contributed by atoms with Gasteiger partial charge in [0.25, 0.3) is 5.91 Å². The van der Waals surface area contributed by atoms with E-state index < -0.39 is 0 Å². The van der Waals surface area contributed by atoms with Crippen LogP contribution in [0.4, 0.5) is 0 Å². The molecule has 1 aliphatic rings. The molecule has 0 spiro atoms. The van der Waals surface area contributed by atoms with Gasteiger partial charge in [0.15, 0.2) is 0 Å². The molecule has 1 amide bonds. The minimum absolute atomic E-state index is 0.0852. The zero-order valence-electron chi connectivity index (χ0n) is 17.9. The first kappa shape index (κ1) is 21.3. The molecule has 1 aliphatic heterocycles. The Morgan fingerprint density at radius 2 is 1.97 bits per heavy atom. The lowest BCUT2D eigenvalue weighted by atomic mass is 9.99. The van der Waals surface area contributed by atoms with Crippen molar-refractivity contribution in [1.29, 1.82) is 0 Å². The summed E-state index contributed by atoms with van der Waals surface area (Å²) in [4.78, 5) is 21.7. The Morgan fingerprint density at radius 3 is 2.59 bits per heavy atom. The lowest BCUT2D eigenvalue weighted by Crippen LogP contribution is -2.49. The Labute approximate surface area is 173 Å². The topological polar surface area (TPSA) is 65.9 Å². The van der Waals surface area contributed by atoms with Crippen molar-refractivity contribution in [2.45, 2.75) is 32.9 Å². The normalized spacial score (nSPS) is 20.7. The number of amides is 1. The maximum atomic E-state index is 13.4. The SMILES string of the molecule is Cc1ccc(-c2cnc3c(c2)C(=O)N([C@H](C)CO)C[C@@H](C)[C@H](CN(C)C)O3)cc1. The highest BCUT2D eigenvalue weighted by molar-refractivity contribution is 5.98. The molecule has 1 aromatic carbocycles. The lowest BCUT2D eigenvalue weighted by molar-refractivity contribution is 0.0348. The van der Waals surface area contributed by atoms with Crippen molar-refractivity contribution in [3.05, 3.63) is 47.7 Å². The van der Waals surface area contributed by atoms with Gasteiger partial charge in [-0.2, -0.15) is 0 Å². The summed E-state index contributed by atoms with van der Waals surface area (Å²) in [5.74, 6) is 0.305. The molecule has 1 N–H and O–H groups in total. The standard InChI is InChI=1S/C23H31N3O3/c1-15-6-8-18(9-7-15)19-10-20-22(24-11-19)29-21(13-25(4)5)16(2)12-26(23(20)28)17(3)14-27/h6-11,16-17,21,27H,12-14H2,1-5H3/t16-,17-,21+/m1/s1. The van der Waals surface area contributed by atoms with Crippen LogP contribution in [0, 0.1) is 12.8 Å². The van der Waals surface area contributed by atoms with E-state index in [9.17, 15) is 9.90 Å². The summed E-state index contributed by atoms with van der Waals surface area (Å²) in [6, 6.07) is 9.71. The second-order valence-electron chi connectivity index (χ2n) is 8.33. The molecule has 0 fully saturated rings. The third-order valence-corrected chi connectivity index (χ3v) is 5.45. The average molecular weight is 398 g/mol. The summed E-state index contributed by atoms with van der Waals surface area (Å²) < 4.78 is 6.24. The number of carbonyl (C=O) groups excluding carboxylic acids is 1. The molecule has 29 heavy (non-hydrogen) atoms. The zero-order valence-corrected chi connectivity index (χ0v) is 17.9. The number of likely N-dealkylation sites (N-methyl/N-ethyl adjacent to an activating group) is 1. The number of aliphatic hydroxyl groups is 1. The molecule has 0 aliphatic carbocycles. The fraction of sp³-hybridized carbons (Fsp3) is 0.478. The van der Waals surface area contributed by atoms with E-state index in [1.807, 2.05) is 58.3 Å². The highest BCUT2D eigenvalue weighted by Crippen LogP contribution is 2.30. The third kappa shape index (κ3) is 4.77. The number of hydrogen-bond donors (Lipinski definition) is 1. The van der Waals surface area contributed by atoms with Crippen LogP contribution in [0.1, 0.15) is 29.8 Å². The first-order chi connectivity index (χ1) is 13.8. The van der Waals surface area contributed by atoms with Crippen molar-refractivity contribution in [3.8, 4) is 17.0 Å². The average Bonchev–Trinajstić information content (AvgIpc) is 2.70. The van der Waals surface area contributed by atoms with Gasteiger partial charge in [0, 0.05) is 30.8 Å². The number of ether oxygens (including phenoxy) is 1. The van der Waals surface area contributed by atoms with Crippen LogP contribution in [-0.4, -0.2) is 71.7 Å². The smallest absolute Gasteiger partial charge is 0.259 e. The van der Waals surface area contributed by atoms with Gasteiger partial charge in [-0.15, -0.1) is 0 Å². The number of aromatic nitrogens is 1. The van der Waals surface area contributed by atoms with Crippen LogP contribution in [0.3, 0.4) is 0 Å². The van der Waals surface area contributed by atoms with Gasteiger partial charge in [0.2, 0.25) is 5.88 Å². The highest BCUT2D eigenvalue weighted by atomic mass is 16.5. The van der Waals surface area contributed by atoms with E-state index in [4.69, 9.17) is 4.74 Å². The van der Waals surface area contributed by atoms with E-state index in [1.54, 1.807) is 11.1 Å². The second kappa shape index (κ2) is 8.93. The summed E-state index contributed by atoms with van der Waals surface area (Å²) in [6.07, 6.45) is 1.65. The molecule has 2 heterocycles. The molecule has 3 rings (SSSR count). The third-order valence-electron chi connectivity index (χ3n) is 5.45. The van der Waals surface area contributed by atoms with Gasteiger partial charge in [-0.05, 0) is 39.6 Å². The Bertz CT molecular complexity index is 851. The molecule has 156 valence electrons. The molecule has 6 nitrogen and oxygen atoms in total. The van der Waals surface area contributed by atoms with Gasteiger partial charge in [-0.25, -0.2) is 4.98 Å². The summed E-state index contributed by atoms with van der Waals surface area (Å²) in [7, 11) is 4.01. The molecule has 2 aromatic rings. The number of fused-ring (bicyclic) bond motifs is 1. The van der Waals surface area contributed by atoms with Gasteiger partial charge in [-0.1, -0.05) is 36.8 Å². The van der Waals surface area contributed by atoms with Crippen molar-refractivity contribution in [3.63, 3.8) is 0 Å². The van der Waals surface area contributed by atoms with Crippen molar-refractivity contribution in [1.82, 2.24) is 14.8 Å². The molecule has 0 saturated heterocycles. The van der Waals surface area contributed by atoms with Crippen LogP contribution >= 0.6 is 0 Å². The number of rotatable bonds is 5. The van der Waals surface area contributed by atoms with E-state index >= 15 is 0 Å². The predicted octanol–water partition coefficient (Wildman–Crippen LogP) is 2.84. The Kier molecular flexibility index (Phi) is 6.55. The van der Waals surface area contributed by atoms with Crippen molar-refractivity contribution >= 4 is 5.91 Å². The van der Waals surface area contributed by atoms with E-state index in [1.165, 1.54) is 5.56 Å². The van der Waals surface area contributed by atoms with Crippen LogP contribution in [0.15, 0.2) is 36.5 Å². The number of aliphatic hydroxyl groups excluding tert-OH is 1. The lowest BCUT2D eigenvalue weighted by Gasteiger charge is -2.37. The molecular weight excluding hydrogens is 366 g/mol. The molecule has 0 radical (unpaired) electrons. The van der Waals surface area contributed by atoms with Crippen LogP contribution in [-0.2, 0) is 0 Å². The monoisotopic (exact) mass is 397 g/mol. The summed E-state index contributed by atoms with van der Waals surface area (Å²) in [5.41, 5.74) is 3.49. The van der Waals surface area contributed by atoms with Crippen LogP contribution in [0.2, 0.25) is 0 Å². The largest absolute Gasteiger partial charge is 0.472 e. The quantitative estimate of drug-likeness (QED) is 0.840. The van der Waals surface area contributed by atoms with Gasteiger partial charge >= 0.3 is 0 Å². The maximum absolute atomic E-state index is 13.4. The number of carbonyl (C=O) groups is 1. The first-order valence-electron chi connectivity index (χ1n) is 10.1. The van der Waals surface area contributed by atoms with Gasteiger partial charge in [0.05, 0.1) is 12.6 Å². The molecular formula is C23H31N3O3. The molecule has 3 atom stereocenters. The molecule has 0 bridgehead atoms. The zero-order chi connectivity index (χ0) is 21.1. The predicted molar refractivity (Wildman–Crippen MR) is 114 cm³/mol. The summed E-state index contributed by atoms with van der Waals surface area (Å²) in [5, 5.41) is 9.72. The van der Waals surface area contributed by atoms with E-state index in [2.05, 4.69) is 16.8 Å². The second-order valence-corrected chi connectivity index (χ2v) is 8.33. The first-order valence-corrected chi connectivity index (χ1v) is 10.1. The fourth-order valence-electron chi connectivity index (χ4n) is 3.58. The Balaban J connectivity index is 2.06. The van der Waals surface area contributed by atoms with Crippen LogP contribution < -0.4 is 4.74 Å². The Morgan fingerprint density at radius 1 is 1.28 bits per heavy atom. The van der Waals surface area contributed by atoms with Crippen LogP contribution in [0.25, 0.3) is 11.1 Å². The minimum atomic E-state index is -0.279. The molecule has 6 heteroatoms.